The monoisotopic (exact) mass is 261 g/mol. The molecule has 1 aromatic rings. The van der Waals surface area contributed by atoms with Crippen LogP contribution in [0.1, 0.15) is 25.5 Å². The Labute approximate surface area is 115 Å². The summed E-state index contributed by atoms with van der Waals surface area (Å²) in [7, 11) is 0. The Balaban J connectivity index is 1.73. The van der Waals surface area contributed by atoms with Crippen LogP contribution >= 0.6 is 0 Å². The Kier molecular flexibility index (Phi) is 3.71. The van der Waals surface area contributed by atoms with Gasteiger partial charge in [-0.15, -0.1) is 0 Å². The SMILES string of the molecule is CCc1ccc(N2CCC[C@@]3(CNCCO3)C2)cn1. The maximum absolute atomic E-state index is 6.08. The quantitative estimate of drug-likeness (QED) is 0.877. The lowest BCUT2D eigenvalue weighted by Crippen LogP contribution is -2.58. The van der Waals surface area contributed by atoms with Crippen molar-refractivity contribution in [2.45, 2.75) is 31.8 Å². The van der Waals surface area contributed by atoms with Crippen LogP contribution in [-0.2, 0) is 11.2 Å². The second-order valence-corrected chi connectivity index (χ2v) is 5.59. The van der Waals surface area contributed by atoms with Gasteiger partial charge in [-0.3, -0.25) is 4.98 Å². The maximum Gasteiger partial charge on any atom is 0.0981 e. The van der Waals surface area contributed by atoms with Crippen LogP contribution < -0.4 is 10.2 Å². The molecule has 4 nitrogen and oxygen atoms in total. The van der Waals surface area contributed by atoms with Crippen LogP contribution in [0.3, 0.4) is 0 Å². The van der Waals surface area contributed by atoms with Gasteiger partial charge in [0.1, 0.15) is 0 Å². The van der Waals surface area contributed by atoms with Crippen molar-refractivity contribution in [3.8, 4) is 0 Å². The molecule has 1 aromatic heterocycles. The normalized spacial score (nSPS) is 27.7. The fraction of sp³-hybridized carbons (Fsp3) is 0.667. The van der Waals surface area contributed by atoms with Gasteiger partial charge in [0.2, 0.25) is 0 Å². The van der Waals surface area contributed by atoms with Gasteiger partial charge in [0, 0.05) is 31.9 Å². The van der Waals surface area contributed by atoms with E-state index < -0.39 is 0 Å². The summed E-state index contributed by atoms with van der Waals surface area (Å²) in [4.78, 5) is 6.93. The molecule has 0 aliphatic carbocycles. The number of hydrogen-bond donors (Lipinski definition) is 1. The Hall–Kier alpha value is -1.13. The first-order valence-electron chi connectivity index (χ1n) is 7.36. The predicted octanol–water partition coefficient (Wildman–Crippen LogP) is 1.60. The summed E-state index contributed by atoms with van der Waals surface area (Å²) < 4.78 is 6.08. The fourth-order valence-corrected chi connectivity index (χ4v) is 3.10. The number of ether oxygens (including phenoxy) is 1. The predicted molar refractivity (Wildman–Crippen MR) is 76.6 cm³/mol. The van der Waals surface area contributed by atoms with Crippen molar-refractivity contribution in [2.75, 3.05) is 37.7 Å². The van der Waals surface area contributed by atoms with Gasteiger partial charge in [0.05, 0.1) is 24.1 Å². The molecule has 0 amide bonds. The van der Waals surface area contributed by atoms with E-state index in [1.165, 1.54) is 12.1 Å². The molecule has 1 N–H and O–H groups in total. The minimum atomic E-state index is 0.0138. The number of piperidine rings is 1. The second kappa shape index (κ2) is 5.47. The molecular formula is C15H23N3O. The van der Waals surface area contributed by atoms with E-state index in [1.807, 2.05) is 6.20 Å². The number of aryl methyl sites for hydroxylation is 1. The number of aromatic nitrogens is 1. The van der Waals surface area contributed by atoms with E-state index in [9.17, 15) is 0 Å². The smallest absolute Gasteiger partial charge is 0.0981 e. The van der Waals surface area contributed by atoms with Crippen molar-refractivity contribution in [3.05, 3.63) is 24.0 Å². The van der Waals surface area contributed by atoms with Gasteiger partial charge in [-0.1, -0.05) is 6.92 Å². The number of pyridine rings is 1. The Morgan fingerprint density at radius 2 is 2.42 bits per heavy atom. The molecule has 1 atom stereocenters. The molecule has 2 saturated heterocycles. The zero-order valence-electron chi connectivity index (χ0n) is 11.7. The van der Waals surface area contributed by atoms with Crippen LogP contribution in [0, 0.1) is 0 Å². The standard InChI is InChI=1S/C15H23N3O/c1-2-13-4-5-14(10-17-13)18-8-3-6-15(12-18)11-16-7-9-19-15/h4-5,10,16H,2-3,6-9,11-12H2,1H3/t15-/m1/s1. The largest absolute Gasteiger partial charge is 0.371 e. The summed E-state index contributed by atoms with van der Waals surface area (Å²) in [5.41, 5.74) is 2.40. The number of hydrogen-bond acceptors (Lipinski definition) is 4. The van der Waals surface area contributed by atoms with E-state index in [1.54, 1.807) is 0 Å². The third kappa shape index (κ3) is 2.74. The highest BCUT2D eigenvalue weighted by Gasteiger charge is 2.38. The van der Waals surface area contributed by atoms with Gasteiger partial charge in [-0.2, -0.15) is 0 Å². The third-order valence-corrected chi connectivity index (χ3v) is 4.21. The molecule has 0 bridgehead atoms. The van der Waals surface area contributed by atoms with E-state index in [0.717, 1.165) is 51.3 Å². The van der Waals surface area contributed by atoms with Crippen molar-refractivity contribution in [3.63, 3.8) is 0 Å². The molecule has 3 heterocycles. The minimum absolute atomic E-state index is 0.0138. The molecule has 0 radical (unpaired) electrons. The first-order valence-corrected chi connectivity index (χ1v) is 7.36. The van der Waals surface area contributed by atoms with Crippen molar-refractivity contribution in [1.29, 1.82) is 0 Å². The lowest BCUT2D eigenvalue weighted by atomic mass is 9.91. The summed E-state index contributed by atoms with van der Waals surface area (Å²) in [6.45, 7) is 7.02. The van der Waals surface area contributed by atoms with Crippen LogP contribution in [0.4, 0.5) is 5.69 Å². The van der Waals surface area contributed by atoms with Crippen LogP contribution in [-0.4, -0.2) is 43.4 Å². The molecule has 2 fully saturated rings. The van der Waals surface area contributed by atoms with Crippen LogP contribution in [0.25, 0.3) is 0 Å². The first kappa shape index (κ1) is 12.9. The van der Waals surface area contributed by atoms with Crippen molar-refractivity contribution in [1.82, 2.24) is 10.3 Å². The van der Waals surface area contributed by atoms with E-state index in [0.29, 0.717) is 0 Å². The maximum atomic E-state index is 6.08. The van der Waals surface area contributed by atoms with Crippen LogP contribution in [0.5, 0.6) is 0 Å². The molecular weight excluding hydrogens is 238 g/mol. The van der Waals surface area contributed by atoms with E-state index in [2.05, 4.69) is 34.3 Å². The molecule has 0 saturated carbocycles. The highest BCUT2D eigenvalue weighted by atomic mass is 16.5. The Morgan fingerprint density at radius 3 is 3.11 bits per heavy atom. The minimum Gasteiger partial charge on any atom is -0.371 e. The lowest BCUT2D eigenvalue weighted by Gasteiger charge is -2.45. The second-order valence-electron chi connectivity index (χ2n) is 5.59. The summed E-state index contributed by atoms with van der Waals surface area (Å²) in [5.74, 6) is 0. The molecule has 1 spiro atoms. The molecule has 19 heavy (non-hydrogen) atoms. The average molecular weight is 261 g/mol. The number of anilines is 1. The van der Waals surface area contributed by atoms with Crippen molar-refractivity contribution < 1.29 is 4.74 Å². The van der Waals surface area contributed by atoms with Gasteiger partial charge >= 0.3 is 0 Å². The van der Waals surface area contributed by atoms with Gasteiger partial charge in [-0.05, 0) is 31.4 Å². The molecule has 2 aliphatic heterocycles. The molecule has 104 valence electrons. The van der Waals surface area contributed by atoms with Gasteiger partial charge in [-0.25, -0.2) is 0 Å². The van der Waals surface area contributed by atoms with Gasteiger partial charge in [0.25, 0.3) is 0 Å². The summed E-state index contributed by atoms with van der Waals surface area (Å²) in [6, 6.07) is 4.33. The van der Waals surface area contributed by atoms with E-state index in [4.69, 9.17) is 4.74 Å². The lowest BCUT2D eigenvalue weighted by molar-refractivity contribution is -0.0725. The van der Waals surface area contributed by atoms with Crippen molar-refractivity contribution >= 4 is 5.69 Å². The number of nitrogens with one attached hydrogen (secondary N) is 1. The topological polar surface area (TPSA) is 37.4 Å². The first-order chi connectivity index (χ1) is 9.31. The molecule has 3 rings (SSSR count). The van der Waals surface area contributed by atoms with Gasteiger partial charge < -0.3 is 15.0 Å². The molecule has 2 aliphatic rings. The summed E-state index contributed by atoms with van der Waals surface area (Å²) >= 11 is 0. The number of morpholine rings is 1. The fourth-order valence-electron chi connectivity index (χ4n) is 3.10. The highest BCUT2D eigenvalue weighted by molar-refractivity contribution is 5.45. The summed E-state index contributed by atoms with van der Waals surface area (Å²) in [6.07, 6.45) is 5.36. The zero-order chi connectivity index (χ0) is 13.1. The average Bonchev–Trinajstić information content (AvgIpc) is 2.48. The van der Waals surface area contributed by atoms with Crippen molar-refractivity contribution in [2.24, 2.45) is 0 Å². The molecule has 0 aromatic carbocycles. The number of rotatable bonds is 2. The van der Waals surface area contributed by atoms with E-state index >= 15 is 0 Å². The Bertz CT molecular complexity index is 406. The van der Waals surface area contributed by atoms with Gasteiger partial charge in [0.15, 0.2) is 0 Å². The number of nitrogens with zero attached hydrogens (tertiary/aromatic N) is 2. The third-order valence-electron chi connectivity index (χ3n) is 4.21. The van der Waals surface area contributed by atoms with E-state index in [-0.39, 0.29) is 5.60 Å². The van der Waals surface area contributed by atoms with Crippen LogP contribution in [0.2, 0.25) is 0 Å². The molecule has 4 heteroatoms. The highest BCUT2D eigenvalue weighted by Crippen LogP contribution is 2.29. The van der Waals surface area contributed by atoms with Crippen LogP contribution in [0.15, 0.2) is 18.3 Å². The summed E-state index contributed by atoms with van der Waals surface area (Å²) in [5, 5.41) is 3.47. The zero-order valence-corrected chi connectivity index (χ0v) is 11.7. The Morgan fingerprint density at radius 1 is 1.47 bits per heavy atom. The molecule has 0 unspecified atom stereocenters.